The fourth-order valence-electron chi connectivity index (χ4n) is 4.98. The molecule has 0 saturated carbocycles. The van der Waals surface area contributed by atoms with Crippen molar-refractivity contribution in [2.45, 2.75) is 44.2 Å². The molecule has 1 amide bonds. The van der Waals surface area contributed by atoms with E-state index in [1.807, 2.05) is 30.0 Å². The maximum Gasteiger partial charge on any atom is 0.227 e. The molecule has 2 saturated heterocycles. The summed E-state index contributed by atoms with van der Waals surface area (Å²) in [5, 5.41) is 10.1. The Morgan fingerprint density at radius 3 is 2.70 bits per heavy atom. The van der Waals surface area contributed by atoms with Crippen LogP contribution < -0.4 is 0 Å². The van der Waals surface area contributed by atoms with Crippen LogP contribution in [0.2, 0.25) is 0 Å². The Labute approximate surface area is 179 Å². The van der Waals surface area contributed by atoms with E-state index in [1.165, 1.54) is 11.1 Å². The molecule has 158 valence electrons. The first-order chi connectivity index (χ1) is 14.7. The zero-order chi connectivity index (χ0) is 20.9. The molecule has 0 unspecified atom stereocenters. The van der Waals surface area contributed by atoms with Crippen molar-refractivity contribution < 1.29 is 9.90 Å². The van der Waals surface area contributed by atoms with Gasteiger partial charge >= 0.3 is 0 Å². The molecule has 1 N–H and O–H groups in total. The quantitative estimate of drug-likeness (QED) is 0.831. The van der Waals surface area contributed by atoms with E-state index < -0.39 is 0 Å². The molecule has 5 nitrogen and oxygen atoms in total. The summed E-state index contributed by atoms with van der Waals surface area (Å²) in [4.78, 5) is 21.6. The zero-order valence-corrected chi connectivity index (χ0v) is 17.7. The highest BCUT2D eigenvalue weighted by atomic mass is 16.3. The molecule has 1 aromatic carbocycles. The minimum atomic E-state index is 0.135. The molecule has 2 aromatic rings. The Kier molecular flexibility index (Phi) is 6.60. The lowest BCUT2D eigenvalue weighted by atomic mass is 9.74. The first-order valence-electron chi connectivity index (χ1n) is 11.0. The summed E-state index contributed by atoms with van der Waals surface area (Å²) in [5.74, 6) is 0.418. The molecule has 4 rings (SSSR count). The summed E-state index contributed by atoms with van der Waals surface area (Å²) in [6.07, 6.45) is 10.1. The number of nitrogens with zero attached hydrogens (tertiary/aromatic N) is 3. The van der Waals surface area contributed by atoms with Gasteiger partial charge in [0, 0.05) is 43.5 Å². The Morgan fingerprint density at radius 1 is 1.20 bits per heavy atom. The topological polar surface area (TPSA) is 56.7 Å². The number of amides is 1. The van der Waals surface area contributed by atoms with E-state index in [1.54, 1.807) is 12.4 Å². The summed E-state index contributed by atoms with van der Waals surface area (Å²) in [7, 11) is 0. The van der Waals surface area contributed by atoms with E-state index >= 15 is 0 Å². The molecule has 3 heterocycles. The second-order valence-electron chi connectivity index (χ2n) is 8.33. The van der Waals surface area contributed by atoms with Gasteiger partial charge in [-0.05, 0) is 49.1 Å². The van der Waals surface area contributed by atoms with Crippen LogP contribution in [0.5, 0.6) is 0 Å². The van der Waals surface area contributed by atoms with E-state index in [-0.39, 0.29) is 30.5 Å². The summed E-state index contributed by atoms with van der Waals surface area (Å²) < 4.78 is 0. The highest BCUT2D eigenvalue weighted by Crippen LogP contribution is 2.42. The molecule has 2 aliphatic heterocycles. The highest BCUT2D eigenvalue weighted by molar-refractivity contribution is 5.78. The number of rotatable bonds is 5. The Hall–Kier alpha value is -2.50. The van der Waals surface area contributed by atoms with Gasteiger partial charge in [-0.1, -0.05) is 42.5 Å². The molecule has 30 heavy (non-hydrogen) atoms. The lowest BCUT2D eigenvalue weighted by Crippen LogP contribution is -2.68. The van der Waals surface area contributed by atoms with Crippen molar-refractivity contribution in [1.29, 1.82) is 0 Å². The van der Waals surface area contributed by atoms with Gasteiger partial charge in [0.2, 0.25) is 5.91 Å². The maximum atomic E-state index is 13.0. The van der Waals surface area contributed by atoms with Crippen LogP contribution >= 0.6 is 0 Å². The van der Waals surface area contributed by atoms with Gasteiger partial charge in [-0.15, -0.1) is 0 Å². The van der Waals surface area contributed by atoms with Gasteiger partial charge in [0.15, 0.2) is 0 Å². The normalized spacial score (nSPS) is 24.7. The van der Waals surface area contributed by atoms with Crippen LogP contribution in [0.1, 0.15) is 42.4 Å². The summed E-state index contributed by atoms with van der Waals surface area (Å²) >= 11 is 0. The van der Waals surface area contributed by atoms with Crippen LogP contribution in [0.3, 0.4) is 0 Å². The Morgan fingerprint density at radius 2 is 2.00 bits per heavy atom. The number of aliphatic hydroxyl groups is 1. The van der Waals surface area contributed by atoms with Crippen LogP contribution in [-0.2, 0) is 11.2 Å². The number of allylic oxidation sites excluding steroid dienone is 1. The van der Waals surface area contributed by atoms with Crippen LogP contribution in [0.25, 0.3) is 6.08 Å². The van der Waals surface area contributed by atoms with Gasteiger partial charge in [-0.3, -0.25) is 14.7 Å². The average Bonchev–Trinajstić information content (AvgIpc) is 2.74. The third-order valence-corrected chi connectivity index (χ3v) is 6.48. The molecule has 0 radical (unpaired) electrons. The minimum absolute atomic E-state index is 0.135. The van der Waals surface area contributed by atoms with Crippen molar-refractivity contribution in [3.63, 3.8) is 0 Å². The first-order valence-corrected chi connectivity index (χ1v) is 11.0. The van der Waals surface area contributed by atoms with E-state index in [0.717, 1.165) is 38.0 Å². The number of aromatic nitrogens is 1. The fraction of sp³-hybridized carbons (Fsp3) is 0.440. The maximum absolute atomic E-state index is 13.0. The number of hydrogen-bond acceptors (Lipinski definition) is 4. The molecular weight excluding hydrogens is 374 g/mol. The molecule has 0 spiro atoms. The van der Waals surface area contributed by atoms with Crippen LogP contribution in [0.4, 0.5) is 0 Å². The molecular formula is C25H31N3O2. The van der Waals surface area contributed by atoms with Gasteiger partial charge in [0.1, 0.15) is 0 Å². The molecule has 3 atom stereocenters. The SMILES string of the molecule is C/C=C/c1ccc([C@H]2[C@@H](CO)N3CCCCN(C(=O)Cc4cccnc4)C[C@@H]23)cc1. The smallest absolute Gasteiger partial charge is 0.227 e. The van der Waals surface area contributed by atoms with E-state index in [9.17, 15) is 9.90 Å². The summed E-state index contributed by atoms with van der Waals surface area (Å²) in [6, 6.07) is 12.9. The first kappa shape index (κ1) is 20.8. The average molecular weight is 406 g/mol. The van der Waals surface area contributed by atoms with Gasteiger partial charge in [0.25, 0.3) is 0 Å². The molecule has 0 aliphatic carbocycles. The van der Waals surface area contributed by atoms with Crippen molar-refractivity contribution in [2.24, 2.45) is 0 Å². The van der Waals surface area contributed by atoms with E-state index in [0.29, 0.717) is 6.42 Å². The van der Waals surface area contributed by atoms with Crippen molar-refractivity contribution in [2.75, 3.05) is 26.2 Å². The van der Waals surface area contributed by atoms with Gasteiger partial charge in [-0.2, -0.15) is 0 Å². The second-order valence-corrected chi connectivity index (χ2v) is 8.33. The van der Waals surface area contributed by atoms with Crippen LogP contribution in [-0.4, -0.2) is 64.1 Å². The number of hydrogen-bond donors (Lipinski definition) is 1. The number of carbonyl (C=O) groups excluding carboxylic acids is 1. The van der Waals surface area contributed by atoms with Crippen molar-refractivity contribution in [3.05, 3.63) is 71.6 Å². The summed E-state index contributed by atoms with van der Waals surface area (Å²) in [6.45, 7) is 4.69. The van der Waals surface area contributed by atoms with Crippen LogP contribution in [0, 0.1) is 0 Å². The zero-order valence-electron chi connectivity index (χ0n) is 17.7. The third-order valence-electron chi connectivity index (χ3n) is 6.48. The Balaban J connectivity index is 1.52. The van der Waals surface area contributed by atoms with E-state index in [4.69, 9.17) is 0 Å². The lowest BCUT2D eigenvalue weighted by molar-refractivity contribution is -0.135. The molecule has 1 aromatic heterocycles. The van der Waals surface area contributed by atoms with Gasteiger partial charge in [-0.25, -0.2) is 0 Å². The van der Waals surface area contributed by atoms with E-state index in [2.05, 4.69) is 40.2 Å². The highest BCUT2D eigenvalue weighted by Gasteiger charge is 2.49. The van der Waals surface area contributed by atoms with Gasteiger partial charge in [0.05, 0.1) is 13.0 Å². The third kappa shape index (κ3) is 4.32. The number of benzene rings is 1. The molecule has 0 bridgehead atoms. The number of carbonyl (C=O) groups is 1. The standard InChI is InChI=1S/C25H31N3O2/c1-2-6-19-8-10-21(11-9-19)25-22-17-27(13-3-4-14-28(22)23(25)18-29)24(30)15-20-7-5-12-26-16-20/h2,5-12,16,22-23,25,29H,3-4,13-15,17-18H2,1H3/b6-2+/t22-,23+,25+/m0/s1. The predicted molar refractivity (Wildman–Crippen MR) is 119 cm³/mol. The van der Waals surface area contributed by atoms with Crippen molar-refractivity contribution in [3.8, 4) is 0 Å². The molecule has 2 aliphatic rings. The second kappa shape index (κ2) is 9.54. The number of pyridine rings is 1. The molecule has 2 fully saturated rings. The Bertz CT molecular complexity index is 866. The van der Waals surface area contributed by atoms with Crippen molar-refractivity contribution in [1.82, 2.24) is 14.8 Å². The number of fused-ring (bicyclic) bond motifs is 1. The van der Waals surface area contributed by atoms with Gasteiger partial charge < -0.3 is 10.0 Å². The van der Waals surface area contributed by atoms with Crippen LogP contribution in [0.15, 0.2) is 54.9 Å². The lowest BCUT2D eigenvalue weighted by Gasteiger charge is -2.57. The largest absolute Gasteiger partial charge is 0.395 e. The van der Waals surface area contributed by atoms with Crippen molar-refractivity contribution >= 4 is 12.0 Å². The minimum Gasteiger partial charge on any atom is -0.395 e. The molecule has 5 heteroatoms. The predicted octanol–water partition coefficient (Wildman–Crippen LogP) is 3.11. The fourth-order valence-corrected chi connectivity index (χ4v) is 4.98. The summed E-state index contributed by atoms with van der Waals surface area (Å²) in [5.41, 5.74) is 3.40. The number of aliphatic hydroxyl groups excluding tert-OH is 1. The monoisotopic (exact) mass is 405 g/mol.